The highest BCUT2D eigenvalue weighted by Gasteiger charge is 2.34. The van der Waals surface area contributed by atoms with Crippen molar-refractivity contribution in [3.05, 3.63) is 32.8 Å². The Bertz CT molecular complexity index is 760. The van der Waals surface area contributed by atoms with Gasteiger partial charge in [0.2, 0.25) is 0 Å². The van der Waals surface area contributed by atoms with Gasteiger partial charge in [0.25, 0.3) is 5.91 Å². The Morgan fingerprint density at radius 2 is 2.04 bits per heavy atom. The summed E-state index contributed by atoms with van der Waals surface area (Å²) in [4.78, 5) is 15.9. The number of hydrazine groups is 1. The van der Waals surface area contributed by atoms with E-state index < -0.39 is 0 Å². The van der Waals surface area contributed by atoms with E-state index in [4.69, 9.17) is 0 Å². The quantitative estimate of drug-likeness (QED) is 0.578. The second-order valence-corrected chi connectivity index (χ2v) is 8.10. The predicted molar refractivity (Wildman–Crippen MR) is 97.2 cm³/mol. The maximum absolute atomic E-state index is 12.7. The van der Waals surface area contributed by atoms with Gasteiger partial charge in [0, 0.05) is 44.7 Å². The monoisotopic (exact) mass is 440 g/mol. The van der Waals surface area contributed by atoms with Crippen LogP contribution in [-0.4, -0.2) is 29.5 Å². The van der Waals surface area contributed by atoms with E-state index >= 15 is 0 Å². The number of hydrogen-bond acceptors (Lipinski definition) is 3. The summed E-state index contributed by atoms with van der Waals surface area (Å²) in [5, 5.41) is 4.16. The lowest BCUT2D eigenvalue weighted by atomic mass is 9.83. The van der Waals surface area contributed by atoms with Crippen molar-refractivity contribution in [1.82, 2.24) is 21.2 Å². The zero-order valence-electron chi connectivity index (χ0n) is 12.5. The molecule has 4 rings (SSSR count). The van der Waals surface area contributed by atoms with Crippen molar-refractivity contribution >= 4 is 48.7 Å². The molecule has 2 aliphatic rings. The molecule has 1 aliphatic heterocycles. The standard InChI is InChI=1S/C16H18Br2N4O/c17-12-4-10-11(7-19-15(10)5-13(12)18)16(23)21-9-1-2-14-8(3-9)6-20-22-14/h4-5,7-9,14,19-20,22H,1-3,6H2,(H,21,23). The van der Waals surface area contributed by atoms with Gasteiger partial charge >= 0.3 is 0 Å². The van der Waals surface area contributed by atoms with E-state index in [1.807, 2.05) is 12.1 Å². The van der Waals surface area contributed by atoms with Crippen LogP contribution >= 0.6 is 31.9 Å². The van der Waals surface area contributed by atoms with E-state index in [1.165, 1.54) is 0 Å². The maximum Gasteiger partial charge on any atom is 0.253 e. The van der Waals surface area contributed by atoms with Crippen molar-refractivity contribution in [1.29, 1.82) is 0 Å². The first-order chi connectivity index (χ1) is 11.1. The number of carbonyl (C=O) groups excluding carboxylic acids is 1. The Morgan fingerprint density at radius 3 is 2.91 bits per heavy atom. The third kappa shape index (κ3) is 2.95. The molecule has 3 atom stereocenters. The van der Waals surface area contributed by atoms with Crippen molar-refractivity contribution in [3.63, 3.8) is 0 Å². The topological polar surface area (TPSA) is 69.0 Å². The van der Waals surface area contributed by atoms with Gasteiger partial charge in [-0.25, -0.2) is 0 Å². The van der Waals surface area contributed by atoms with Crippen LogP contribution in [-0.2, 0) is 0 Å². The fourth-order valence-corrected chi connectivity index (χ4v) is 4.39. The molecule has 4 N–H and O–H groups in total. The van der Waals surface area contributed by atoms with Crippen LogP contribution in [0.4, 0.5) is 0 Å². The van der Waals surface area contributed by atoms with Gasteiger partial charge in [-0.1, -0.05) is 0 Å². The molecule has 23 heavy (non-hydrogen) atoms. The van der Waals surface area contributed by atoms with E-state index in [2.05, 4.69) is 53.0 Å². The molecule has 1 amide bonds. The number of aromatic amines is 1. The molecule has 2 aromatic rings. The summed E-state index contributed by atoms with van der Waals surface area (Å²) in [5.74, 6) is 0.620. The normalized spacial score (nSPS) is 27.1. The Kier molecular flexibility index (Phi) is 4.21. The minimum Gasteiger partial charge on any atom is -0.360 e. The molecule has 1 saturated heterocycles. The zero-order valence-corrected chi connectivity index (χ0v) is 15.6. The summed E-state index contributed by atoms with van der Waals surface area (Å²) >= 11 is 7.00. The van der Waals surface area contributed by atoms with Crippen molar-refractivity contribution in [2.24, 2.45) is 5.92 Å². The van der Waals surface area contributed by atoms with Crippen LogP contribution in [0.2, 0.25) is 0 Å². The molecule has 3 unspecified atom stereocenters. The third-order valence-corrected chi connectivity index (χ3v) is 6.78. The van der Waals surface area contributed by atoms with Gasteiger partial charge in [0.15, 0.2) is 0 Å². The van der Waals surface area contributed by atoms with E-state index in [0.717, 1.165) is 45.7 Å². The van der Waals surface area contributed by atoms with Crippen molar-refractivity contribution in [2.75, 3.05) is 6.54 Å². The minimum absolute atomic E-state index is 0.00726. The summed E-state index contributed by atoms with van der Waals surface area (Å²) in [6.45, 7) is 0.991. The van der Waals surface area contributed by atoms with E-state index in [9.17, 15) is 4.79 Å². The van der Waals surface area contributed by atoms with Gasteiger partial charge in [0.1, 0.15) is 0 Å². The highest BCUT2D eigenvalue weighted by molar-refractivity contribution is 9.13. The molecule has 1 aromatic carbocycles. The molecular formula is C16H18Br2N4O. The lowest BCUT2D eigenvalue weighted by Crippen LogP contribution is -2.44. The van der Waals surface area contributed by atoms with Gasteiger partial charge in [-0.3, -0.25) is 15.6 Å². The van der Waals surface area contributed by atoms with Crippen LogP contribution in [0.1, 0.15) is 29.6 Å². The second-order valence-electron chi connectivity index (χ2n) is 6.39. The molecule has 2 heterocycles. The summed E-state index contributed by atoms with van der Waals surface area (Å²) in [5.41, 5.74) is 8.21. The first-order valence-electron chi connectivity index (χ1n) is 7.87. The van der Waals surface area contributed by atoms with Crippen LogP contribution in [0.3, 0.4) is 0 Å². The van der Waals surface area contributed by atoms with E-state index in [0.29, 0.717) is 17.5 Å². The van der Waals surface area contributed by atoms with Crippen LogP contribution in [0.25, 0.3) is 10.9 Å². The highest BCUT2D eigenvalue weighted by Crippen LogP contribution is 2.31. The number of H-pyrrole nitrogens is 1. The molecule has 1 aliphatic carbocycles. The van der Waals surface area contributed by atoms with Gasteiger partial charge in [-0.2, -0.15) is 0 Å². The lowest BCUT2D eigenvalue weighted by molar-refractivity contribution is 0.0920. The SMILES string of the molecule is O=C(NC1CCC2NNCC2C1)c1c[nH]c2cc(Br)c(Br)cc12. The molecule has 1 saturated carbocycles. The predicted octanol–water partition coefficient (Wildman–Crippen LogP) is 3.07. The van der Waals surface area contributed by atoms with E-state index in [-0.39, 0.29) is 11.9 Å². The number of aromatic nitrogens is 1. The Labute approximate surface area is 151 Å². The van der Waals surface area contributed by atoms with Gasteiger partial charge < -0.3 is 10.3 Å². The fraction of sp³-hybridized carbons (Fsp3) is 0.438. The van der Waals surface area contributed by atoms with Gasteiger partial charge in [0.05, 0.1) is 5.56 Å². The molecule has 5 nitrogen and oxygen atoms in total. The average Bonchev–Trinajstić information content (AvgIpc) is 3.14. The van der Waals surface area contributed by atoms with Crippen LogP contribution in [0, 0.1) is 5.92 Å². The Hall–Kier alpha value is -0.890. The lowest BCUT2D eigenvalue weighted by Gasteiger charge is -2.31. The molecule has 1 aromatic heterocycles. The first-order valence-corrected chi connectivity index (χ1v) is 9.46. The molecular weight excluding hydrogens is 424 g/mol. The number of nitrogens with one attached hydrogen (secondary N) is 4. The van der Waals surface area contributed by atoms with E-state index in [1.54, 1.807) is 6.20 Å². The largest absolute Gasteiger partial charge is 0.360 e. The van der Waals surface area contributed by atoms with Gasteiger partial charge in [-0.15, -0.1) is 0 Å². The molecule has 0 spiro atoms. The van der Waals surface area contributed by atoms with Crippen LogP contribution < -0.4 is 16.2 Å². The number of carbonyl (C=O) groups is 1. The number of hydrogen-bond donors (Lipinski definition) is 4. The van der Waals surface area contributed by atoms with Crippen molar-refractivity contribution < 1.29 is 4.79 Å². The minimum atomic E-state index is 0.00726. The van der Waals surface area contributed by atoms with Gasteiger partial charge in [-0.05, 0) is 69.2 Å². The molecule has 7 heteroatoms. The summed E-state index contributed by atoms with van der Waals surface area (Å²) < 4.78 is 1.92. The van der Waals surface area contributed by atoms with Crippen LogP contribution in [0.15, 0.2) is 27.3 Å². The summed E-state index contributed by atoms with van der Waals surface area (Å²) in [7, 11) is 0. The number of rotatable bonds is 2. The smallest absolute Gasteiger partial charge is 0.253 e. The first kappa shape index (κ1) is 15.6. The van der Waals surface area contributed by atoms with Crippen LogP contribution in [0.5, 0.6) is 0 Å². The summed E-state index contributed by atoms with van der Waals surface area (Å²) in [6, 6.07) is 4.78. The summed E-state index contributed by atoms with van der Waals surface area (Å²) in [6.07, 6.45) is 4.96. The molecule has 0 bridgehead atoms. The third-order valence-electron chi connectivity index (χ3n) is 4.94. The number of amides is 1. The van der Waals surface area contributed by atoms with Crippen molar-refractivity contribution in [3.8, 4) is 0 Å². The van der Waals surface area contributed by atoms with Crippen molar-refractivity contribution in [2.45, 2.75) is 31.3 Å². The number of fused-ring (bicyclic) bond motifs is 2. The molecule has 2 fully saturated rings. The average molecular weight is 442 g/mol. The Balaban J connectivity index is 1.52. The highest BCUT2D eigenvalue weighted by atomic mass is 79.9. The zero-order chi connectivity index (χ0) is 16.0. The second kappa shape index (κ2) is 6.20. The maximum atomic E-state index is 12.7. The molecule has 0 radical (unpaired) electrons. The fourth-order valence-electron chi connectivity index (χ4n) is 3.70. The Morgan fingerprint density at radius 1 is 1.22 bits per heavy atom. The molecule has 122 valence electrons. The number of benzene rings is 1. The number of halogens is 2.